The Bertz CT molecular complexity index is 735. The number of methoxy groups -OCH3 is 2. The number of carbonyl (C=O) groups is 1. The first-order valence-corrected chi connectivity index (χ1v) is 8.87. The molecule has 1 amide bonds. The van der Waals surface area contributed by atoms with Crippen molar-refractivity contribution in [1.82, 2.24) is 14.9 Å². The molecular weight excluding hydrogens is 403 g/mol. The first-order chi connectivity index (χ1) is 12.6. The highest BCUT2D eigenvalue weighted by atomic mass is 35.5. The molecule has 1 aliphatic rings. The highest BCUT2D eigenvalue weighted by molar-refractivity contribution is 5.85. The van der Waals surface area contributed by atoms with Crippen LogP contribution in [-0.2, 0) is 4.79 Å². The van der Waals surface area contributed by atoms with Gasteiger partial charge in [0.1, 0.15) is 5.82 Å². The first kappa shape index (κ1) is 24.1. The molecule has 9 heteroatoms. The number of nitrogens with two attached hydrogens (primary N) is 1. The topological polar surface area (TPSA) is 93.5 Å². The van der Waals surface area contributed by atoms with E-state index < -0.39 is 0 Å². The number of piperidine rings is 1. The zero-order valence-corrected chi connectivity index (χ0v) is 17.7. The van der Waals surface area contributed by atoms with E-state index in [-0.39, 0.29) is 43.2 Å². The summed E-state index contributed by atoms with van der Waals surface area (Å²) in [7, 11) is 3.18. The minimum absolute atomic E-state index is 0. The first-order valence-electron chi connectivity index (χ1n) is 8.87. The maximum atomic E-state index is 12.6. The lowest BCUT2D eigenvalue weighted by Gasteiger charge is -2.32. The average Bonchev–Trinajstić information content (AvgIpc) is 3.22. The number of nitrogens with one attached hydrogen (secondary N) is 1. The minimum Gasteiger partial charge on any atom is -0.493 e. The van der Waals surface area contributed by atoms with Crippen LogP contribution in [0.3, 0.4) is 0 Å². The largest absolute Gasteiger partial charge is 0.493 e. The molecule has 1 unspecified atom stereocenters. The number of rotatable bonds is 6. The van der Waals surface area contributed by atoms with Gasteiger partial charge in [-0.2, -0.15) is 0 Å². The number of halogens is 2. The quantitative estimate of drug-likeness (QED) is 0.733. The number of benzene rings is 1. The molecule has 0 saturated carbocycles. The average molecular weight is 431 g/mol. The number of ether oxygens (including phenoxy) is 2. The molecule has 0 aliphatic carbocycles. The van der Waals surface area contributed by atoms with E-state index in [0.717, 1.165) is 37.3 Å². The van der Waals surface area contributed by atoms with Crippen LogP contribution in [0.2, 0.25) is 0 Å². The number of aromatic amines is 1. The molecule has 1 aliphatic heterocycles. The Kier molecular flexibility index (Phi) is 9.58. The Hall–Kier alpha value is -1.96. The summed E-state index contributed by atoms with van der Waals surface area (Å²) < 4.78 is 10.5. The number of aromatic nitrogens is 2. The van der Waals surface area contributed by atoms with Crippen molar-refractivity contribution in [3.8, 4) is 11.5 Å². The molecule has 3 rings (SSSR count). The number of amides is 1. The van der Waals surface area contributed by atoms with Crippen LogP contribution in [-0.4, -0.2) is 48.1 Å². The summed E-state index contributed by atoms with van der Waals surface area (Å²) in [6.45, 7) is 1.48. The second-order valence-corrected chi connectivity index (χ2v) is 6.55. The van der Waals surface area contributed by atoms with Crippen molar-refractivity contribution < 1.29 is 14.3 Å². The van der Waals surface area contributed by atoms with Crippen LogP contribution in [0.1, 0.15) is 42.6 Å². The van der Waals surface area contributed by atoms with Crippen LogP contribution in [0.5, 0.6) is 11.5 Å². The number of nitrogens with zero attached hydrogens (tertiary/aromatic N) is 2. The van der Waals surface area contributed by atoms with Crippen LogP contribution in [0.25, 0.3) is 0 Å². The number of carbonyl (C=O) groups excluding carboxylic acids is 1. The van der Waals surface area contributed by atoms with Crippen LogP contribution < -0.4 is 15.2 Å². The summed E-state index contributed by atoms with van der Waals surface area (Å²) in [6, 6.07) is 5.15. The highest BCUT2D eigenvalue weighted by Gasteiger charge is 2.26. The minimum atomic E-state index is -0.370. The number of hydrogen-bond acceptors (Lipinski definition) is 5. The Morgan fingerprint density at radius 3 is 2.50 bits per heavy atom. The van der Waals surface area contributed by atoms with Gasteiger partial charge in [0.05, 0.1) is 14.2 Å². The fourth-order valence-electron chi connectivity index (χ4n) is 3.42. The van der Waals surface area contributed by atoms with Crippen LogP contribution in [0.4, 0.5) is 0 Å². The van der Waals surface area contributed by atoms with Crippen molar-refractivity contribution in [2.75, 3.05) is 27.3 Å². The zero-order valence-electron chi connectivity index (χ0n) is 16.1. The van der Waals surface area contributed by atoms with E-state index in [1.165, 1.54) is 0 Å². The molecule has 1 fully saturated rings. The maximum absolute atomic E-state index is 12.6. The number of likely N-dealkylation sites (tertiary alicyclic amines) is 1. The standard InChI is InChI=1S/C19H26N4O3.2ClH/c1-25-16-4-3-14(11-17(16)26-2)15(20)12-18(24)23-9-5-13(6-10-23)19-21-7-8-22-19;;/h3-4,7-8,11,13,15H,5-6,9-10,12,20H2,1-2H3,(H,21,22);2*1H. The van der Waals surface area contributed by atoms with Gasteiger partial charge in [-0.1, -0.05) is 6.07 Å². The third-order valence-corrected chi connectivity index (χ3v) is 4.98. The van der Waals surface area contributed by atoms with E-state index in [1.807, 2.05) is 29.3 Å². The molecule has 1 atom stereocenters. The van der Waals surface area contributed by atoms with Gasteiger partial charge >= 0.3 is 0 Å². The zero-order chi connectivity index (χ0) is 18.5. The van der Waals surface area contributed by atoms with Crippen molar-refractivity contribution in [2.24, 2.45) is 5.73 Å². The summed E-state index contributed by atoms with van der Waals surface area (Å²) in [5, 5.41) is 0. The molecule has 1 aromatic heterocycles. The molecule has 28 heavy (non-hydrogen) atoms. The fourth-order valence-corrected chi connectivity index (χ4v) is 3.42. The molecule has 0 spiro atoms. The summed E-state index contributed by atoms with van der Waals surface area (Å²) >= 11 is 0. The van der Waals surface area contributed by atoms with Crippen molar-refractivity contribution in [2.45, 2.75) is 31.2 Å². The van der Waals surface area contributed by atoms with Gasteiger partial charge in [0.25, 0.3) is 0 Å². The van der Waals surface area contributed by atoms with Gasteiger partial charge in [0.2, 0.25) is 5.91 Å². The van der Waals surface area contributed by atoms with Crippen LogP contribution in [0, 0.1) is 0 Å². The summed E-state index contributed by atoms with van der Waals surface area (Å²) in [5.74, 6) is 2.76. The second-order valence-electron chi connectivity index (χ2n) is 6.55. The van der Waals surface area contributed by atoms with E-state index in [2.05, 4.69) is 9.97 Å². The molecular formula is C19H28Cl2N4O3. The molecule has 0 bridgehead atoms. The van der Waals surface area contributed by atoms with Crippen molar-refractivity contribution in [3.05, 3.63) is 42.0 Å². The predicted molar refractivity (Wildman–Crippen MR) is 113 cm³/mol. The Labute approximate surface area is 177 Å². The molecule has 7 nitrogen and oxygen atoms in total. The summed E-state index contributed by atoms with van der Waals surface area (Å²) in [6.07, 6.45) is 5.74. The molecule has 2 heterocycles. The van der Waals surface area contributed by atoms with Crippen molar-refractivity contribution >= 4 is 30.7 Å². The van der Waals surface area contributed by atoms with Crippen molar-refractivity contribution in [3.63, 3.8) is 0 Å². The Morgan fingerprint density at radius 2 is 1.93 bits per heavy atom. The van der Waals surface area contributed by atoms with E-state index >= 15 is 0 Å². The number of imidazole rings is 1. The lowest BCUT2D eigenvalue weighted by atomic mass is 9.95. The SMILES string of the molecule is COc1ccc(C(N)CC(=O)N2CCC(c3ncc[nH]3)CC2)cc1OC.Cl.Cl. The van der Waals surface area contributed by atoms with Gasteiger partial charge in [0.15, 0.2) is 11.5 Å². The summed E-state index contributed by atoms with van der Waals surface area (Å²) in [4.78, 5) is 22.0. The van der Waals surface area contributed by atoms with Crippen LogP contribution in [0.15, 0.2) is 30.6 Å². The van der Waals surface area contributed by atoms with Gasteiger partial charge in [-0.05, 0) is 30.5 Å². The van der Waals surface area contributed by atoms with Crippen LogP contribution >= 0.6 is 24.8 Å². The second kappa shape index (κ2) is 11.1. The normalized spacial score (nSPS) is 15.2. The molecule has 3 N–H and O–H groups in total. The van der Waals surface area contributed by atoms with Gasteiger partial charge in [0, 0.05) is 43.9 Å². The highest BCUT2D eigenvalue weighted by Crippen LogP contribution is 2.31. The van der Waals surface area contributed by atoms with Gasteiger partial charge in [-0.15, -0.1) is 24.8 Å². The Morgan fingerprint density at radius 1 is 1.25 bits per heavy atom. The lowest BCUT2D eigenvalue weighted by molar-refractivity contribution is -0.132. The van der Waals surface area contributed by atoms with E-state index in [0.29, 0.717) is 17.4 Å². The van der Waals surface area contributed by atoms with E-state index in [1.54, 1.807) is 20.4 Å². The smallest absolute Gasteiger partial charge is 0.224 e. The van der Waals surface area contributed by atoms with E-state index in [9.17, 15) is 4.79 Å². The van der Waals surface area contributed by atoms with Gasteiger partial charge in [-0.25, -0.2) is 4.98 Å². The van der Waals surface area contributed by atoms with E-state index in [4.69, 9.17) is 15.2 Å². The fraction of sp³-hybridized carbons (Fsp3) is 0.474. The maximum Gasteiger partial charge on any atom is 0.224 e. The molecule has 0 radical (unpaired) electrons. The summed E-state index contributed by atoms with van der Waals surface area (Å²) in [5.41, 5.74) is 7.13. The van der Waals surface area contributed by atoms with Gasteiger partial charge < -0.3 is 25.1 Å². The molecule has 156 valence electrons. The third-order valence-electron chi connectivity index (χ3n) is 4.98. The number of hydrogen-bond donors (Lipinski definition) is 2. The molecule has 1 saturated heterocycles. The monoisotopic (exact) mass is 430 g/mol. The van der Waals surface area contributed by atoms with Gasteiger partial charge in [-0.3, -0.25) is 4.79 Å². The molecule has 1 aromatic carbocycles. The van der Waals surface area contributed by atoms with Crippen molar-refractivity contribution in [1.29, 1.82) is 0 Å². The number of H-pyrrole nitrogens is 1. The lowest BCUT2D eigenvalue weighted by Crippen LogP contribution is -2.39. The molecule has 2 aromatic rings. The Balaban J connectivity index is 0.00000196. The predicted octanol–water partition coefficient (Wildman–Crippen LogP) is 3.07. The third kappa shape index (κ3) is 5.53.